The fourth-order valence-electron chi connectivity index (χ4n) is 3.55. The predicted molar refractivity (Wildman–Crippen MR) is 75.3 cm³/mol. The summed E-state index contributed by atoms with van der Waals surface area (Å²) in [5.74, 6) is -0.874. The van der Waals surface area contributed by atoms with E-state index in [1.165, 1.54) is 0 Å². The van der Waals surface area contributed by atoms with Gasteiger partial charge in [-0.05, 0) is 38.8 Å². The molecule has 3 N–H and O–H groups in total. The summed E-state index contributed by atoms with van der Waals surface area (Å²) in [4.78, 5) is 11.4. The van der Waals surface area contributed by atoms with Crippen LogP contribution in [0.2, 0.25) is 0 Å². The number of carboxylic acid groups (broad SMARTS) is 1. The molecule has 0 bridgehead atoms. The Kier molecular flexibility index (Phi) is 4.21. The first kappa shape index (κ1) is 14.5. The van der Waals surface area contributed by atoms with Gasteiger partial charge < -0.3 is 15.5 Å². The lowest BCUT2D eigenvalue weighted by Gasteiger charge is -2.31. The maximum absolute atomic E-state index is 11.4. The van der Waals surface area contributed by atoms with Crippen LogP contribution in [0.3, 0.4) is 0 Å². The Bertz CT molecular complexity index is 510. The molecule has 2 atom stereocenters. The fraction of sp³-hybridized carbons (Fsp3) is 0.786. The van der Waals surface area contributed by atoms with Crippen LogP contribution in [0, 0.1) is 0 Å². The van der Waals surface area contributed by atoms with Gasteiger partial charge in [-0.15, -0.1) is 5.10 Å². The number of nitrogens with one attached hydrogen (secondary N) is 1. The van der Waals surface area contributed by atoms with Gasteiger partial charge in [-0.2, -0.15) is 0 Å². The van der Waals surface area contributed by atoms with Crippen LogP contribution in [0.25, 0.3) is 0 Å². The Hall–Kier alpha value is -1.47. The molecule has 0 aromatic carbocycles. The summed E-state index contributed by atoms with van der Waals surface area (Å²) in [6.07, 6.45) is 4.95. The summed E-state index contributed by atoms with van der Waals surface area (Å²) < 4.78 is 1.71. The van der Waals surface area contributed by atoms with Crippen molar-refractivity contribution in [2.45, 2.75) is 56.6 Å². The van der Waals surface area contributed by atoms with E-state index < -0.39 is 12.1 Å². The third-order valence-corrected chi connectivity index (χ3v) is 4.67. The molecule has 2 heterocycles. The van der Waals surface area contributed by atoms with E-state index in [1.54, 1.807) is 4.68 Å². The van der Waals surface area contributed by atoms with Crippen LogP contribution in [0.4, 0.5) is 0 Å². The molecule has 7 nitrogen and oxygen atoms in total. The Balaban J connectivity index is 1.97. The van der Waals surface area contributed by atoms with E-state index in [1.807, 2.05) is 0 Å². The lowest BCUT2D eigenvalue weighted by Crippen LogP contribution is -2.33. The molecule has 1 saturated carbocycles. The SMILES string of the molecule is O=C(O)c1nnn(C2CCCCC2O)c1C1CCNCC1. The normalized spacial score (nSPS) is 27.7. The molecule has 2 fully saturated rings. The second-order valence-electron chi connectivity index (χ2n) is 6.02. The second kappa shape index (κ2) is 6.11. The Morgan fingerprint density at radius 3 is 2.57 bits per heavy atom. The number of aromatic carboxylic acids is 1. The molecule has 2 unspecified atom stereocenters. The number of carbonyl (C=O) groups is 1. The average Bonchev–Trinajstić information content (AvgIpc) is 2.93. The number of rotatable bonds is 3. The predicted octanol–water partition coefficient (Wildman–Crippen LogP) is 0.919. The third-order valence-electron chi connectivity index (χ3n) is 4.67. The van der Waals surface area contributed by atoms with Gasteiger partial charge in [0.1, 0.15) is 0 Å². The molecule has 7 heteroatoms. The summed E-state index contributed by atoms with van der Waals surface area (Å²) in [5.41, 5.74) is 0.759. The van der Waals surface area contributed by atoms with E-state index in [9.17, 15) is 15.0 Å². The molecule has 21 heavy (non-hydrogen) atoms. The number of hydrogen-bond donors (Lipinski definition) is 3. The zero-order valence-corrected chi connectivity index (χ0v) is 12.0. The van der Waals surface area contributed by atoms with Crippen molar-refractivity contribution in [1.82, 2.24) is 20.3 Å². The summed E-state index contributed by atoms with van der Waals surface area (Å²) in [6, 6.07) is -0.135. The van der Waals surface area contributed by atoms with Crippen LogP contribution in [0.5, 0.6) is 0 Å². The second-order valence-corrected chi connectivity index (χ2v) is 6.02. The number of aromatic nitrogens is 3. The molecular weight excluding hydrogens is 272 g/mol. The summed E-state index contributed by atoms with van der Waals surface area (Å²) >= 11 is 0. The highest BCUT2D eigenvalue weighted by Crippen LogP contribution is 2.34. The average molecular weight is 294 g/mol. The number of aliphatic hydroxyl groups is 1. The fourth-order valence-corrected chi connectivity index (χ4v) is 3.55. The van der Waals surface area contributed by atoms with Crippen LogP contribution in [-0.4, -0.2) is 50.4 Å². The van der Waals surface area contributed by atoms with Crippen molar-refractivity contribution in [2.24, 2.45) is 0 Å². The highest BCUT2D eigenvalue weighted by Gasteiger charge is 2.33. The topological polar surface area (TPSA) is 100 Å². The monoisotopic (exact) mass is 294 g/mol. The highest BCUT2D eigenvalue weighted by molar-refractivity contribution is 5.86. The van der Waals surface area contributed by atoms with E-state index in [2.05, 4.69) is 15.6 Å². The standard InChI is InChI=1S/C14H22N4O3/c19-11-4-2-1-3-10(11)18-13(9-5-7-15-8-6-9)12(14(20)21)16-17-18/h9-11,15,19H,1-8H2,(H,20,21). The van der Waals surface area contributed by atoms with Crippen molar-refractivity contribution in [3.63, 3.8) is 0 Å². The van der Waals surface area contributed by atoms with Crippen molar-refractivity contribution in [3.05, 3.63) is 11.4 Å². The highest BCUT2D eigenvalue weighted by atomic mass is 16.4. The van der Waals surface area contributed by atoms with Crippen LogP contribution in [-0.2, 0) is 0 Å². The minimum absolute atomic E-state index is 0.0553. The van der Waals surface area contributed by atoms with Crippen molar-refractivity contribution in [3.8, 4) is 0 Å². The Morgan fingerprint density at radius 2 is 1.90 bits per heavy atom. The summed E-state index contributed by atoms with van der Waals surface area (Å²) in [6.45, 7) is 1.75. The van der Waals surface area contributed by atoms with Gasteiger partial charge in [-0.1, -0.05) is 18.1 Å². The molecule has 3 rings (SSSR count). The van der Waals surface area contributed by atoms with Gasteiger partial charge in [-0.3, -0.25) is 0 Å². The number of aliphatic hydroxyl groups excluding tert-OH is 1. The third kappa shape index (κ3) is 2.80. The summed E-state index contributed by atoms with van der Waals surface area (Å²) in [7, 11) is 0. The molecule has 0 radical (unpaired) electrons. The van der Waals surface area contributed by atoms with Gasteiger partial charge in [0.15, 0.2) is 5.69 Å². The molecule has 116 valence electrons. The summed E-state index contributed by atoms with van der Waals surface area (Å²) in [5, 5.41) is 30.9. The molecule has 1 aromatic heterocycles. The number of hydrogen-bond acceptors (Lipinski definition) is 5. The van der Waals surface area contributed by atoms with Crippen molar-refractivity contribution in [1.29, 1.82) is 0 Å². The van der Waals surface area contributed by atoms with Crippen LogP contribution in [0.15, 0.2) is 0 Å². The molecule has 1 aliphatic carbocycles. The number of nitrogens with zero attached hydrogens (tertiary/aromatic N) is 3. The smallest absolute Gasteiger partial charge is 0.358 e. The van der Waals surface area contributed by atoms with E-state index >= 15 is 0 Å². The van der Waals surface area contributed by atoms with Crippen molar-refractivity contribution < 1.29 is 15.0 Å². The lowest BCUT2D eigenvalue weighted by atomic mass is 9.89. The first-order valence-electron chi connectivity index (χ1n) is 7.75. The van der Waals surface area contributed by atoms with Gasteiger partial charge in [0.25, 0.3) is 0 Å². The molecule has 1 aliphatic heterocycles. The van der Waals surface area contributed by atoms with Crippen molar-refractivity contribution >= 4 is 5.97 Å². The molecule has 1 saturated heterocycles. The quantitative estimate of drug-likeness (QED) is 0.766. The maximum Gasteiger partial charge on any atom is 0.358 e. The first-order chi connectivity index (χ1) is 10.2. The Morgan fingerprint density at radius 1 is 1.19 bits per heavy atom. The van der Waals surface area contributed by atoms with Crippen LogP contribution >= 0.6 is 0 Å². The lowest BCUT2D eigenvalue weighted by molar-refractivity contribution is 0.0648. The zero-order valence-electron chi connectivity index (χ0n) is 12.0. The Labute approximate surface area is 123 Å². The van der Waals surface area contributed by atoms with E-state index in [0.29, 0.717) is 5.69 Å². The minimum atomic E-state index is -1.03. The zero-order chi connectivity index (χ0) is 14.8. The molecule has 0 spiro atoms. The van der Waals surface area contributed by atoms with E-state index in [4.69, 9.17) is 0 Å². The van der Waals surface area contributed by atoms with Gasteiger partial charge in [-0.25, -0.2) is 9.48 Å². The van der Waals surface area contributed by atoms with Crippen LogP contribution in [0.1, 0.15) is 66.7 Å². The largest absolute Gasteiger partial charge is 0.476 e. The molecular formula is C14H22N4O3. The first-order valence-corrected chi connectivity index (χ1v) is 7.75. The van der Waals surface area contributed by atoms with Gasteiger partial charge >= 0.3 is 5.97 Å². The van der Waals surface area contributed by atoms with Crippen molar-refractivity contribution in [2.75, 3.05) is 13.1 Å². The molecule has 2 aliphatic rings. The van der Waals surface area contributed by atoms with Gasteiger partial charge in [0.2, 0.25) is 0 Å². The van der Waals surface area contributed by atoms with Gasteiger partial charge in [0.05, 0.1) is 17.8 Å². The van der Waals surface area contributed by atoms with Gasteiger partial charge in [0, 0.05) is 5.92 Å². The molecule has 0 amide bonds. The van der Waals surface area contributed by atoms with Crippen LogP contribution < -0.4 is 5.32 Å². The van der Waals surface area contributed by atoms with E-state index in [-0.39, 0.29) is 17.7 Å². The minimum Gasteiger partial charge on any atom is -0.476 e. The molecule has 1 aromatic rings. The van der Waals surface area contributed by atoms with E-state index in [0.717, 1.165) is 51.6 Å². The maximum atomic E-state index is 11.4. The number of piperidine rings is 1. The number of carboxylic acids is 1.